The lowest BCUT2D eigenvalue weighted by Crippen LogP contribution is -2.24. The molecule has 0 saturated heterocycles. The van der Waals surface area contributed by atoms with Crippen molar-refractivity contribution in [1.29, 1.82) is 0 Å². The number of benzene rings is 1. The van der Waals surface area contributed by atoms with E-state index in [0.29, 0.717) is 30.6 Å². The van der Waals surface area contributed by atoms with E-state index in [1.807, 2.05) is 30.3 Å². The number of carbonyl (C=O) groups excluding carboxylic acids is 1. The molecule has 136 valence electrons. The Morgan fingerprint density at radius 1 is 1.15 bits per heavy atom. The van der Waals surface area contributed by atoms with Gasteiger partial charge >= 0.3 is 0 Å². The summed E-state index contributed by atoms with van der Waals surface area (Å²) in [7, 11) is 0. The fourth-order valence-electron chi connectivity index (χ4n) is 3.30. The van der Waals surface area contributed by atoms with Crippen LogP contribution in [0.2, 0.25) is 0 Å². The van der Waals surface area contributed by atoms with Crippen LogP contribution in [0.3, 0.4) is 0 Å². The maximum absolute atomic E-state index is 12.7. The van der Waals surface area contributed by atoms with Crippen LogP contribution in [0.4, 0.5) is 0 Å². The van der Waals surface area contributed by atoms with E-state index < -0.39 is 0 Å². The fourth-order valence-corrected chi connectivity index (χ4v) is 4.59. The molecule has 1 fully saturated rings. The summed E-state index contributed by atoms with van der Waals surface area (Å²) in [5.41, 5.74) is 1.64. The topological polar surface area (TPSA) is 60.5 Å². The third kappa shape index (κ3) is 3.96. The van der Waals surface area contributed by atoms with Crippen molar-refractivity contribution in [2.75, 3.05) is 13.2 Å². The van der Waals surface area contributed by atoms with Crippen molar-refractivity contribution in [3.63, 3.8) is 0 Å². The van der Waals surface area contributed by atoms with Gasteiger partial charge in [0.2, 0.25) is 0 Å². The number of aromatic nitrogens is 1. The molecule has 4 rings (SSSR count). The summed E-state index contributed by atoms with van der Waals surface area (Å²) in [5, 5.41) is 4.41. The highest BCUT2D eigenvalue weighted by atomic mass is 32.2. The van der Waals surface area contributed by atoms with E-state index >= 15 is 0 Å². The van der Waals surface area contributed by atoms with Crippen molar-refractivity contribution >= 4 is 17.7 Å². The van der Waals surface area contributed by atoms with Gasteiger partial charge in [0.25, 0.3) is 5.91 Å². The van der Waals surface area contributed by atoms with E-state index in [1.54, 1.807) is 18.0 Å². The molecular formula is C20H22N2O3S. The van der Waals surface area contributed by atoms with Gasteiger partial charge in [-0.2, -0.15) is 0 Å². The van der Waals surface area contributed by atoms with E-state index in [1.165, 1.54) is 25.7 Å². The van der Waals surface area contributed by atoms with Crippen LogP contribution in [0, 0.1) is 0 Å². The molecule has 0 atom stereocenters. The van der Waals surface area contributed by atoms with Crippen LogP contribution in [-0.2, 0) is 6.54 Å². The first kappa shape index (κ1) is 17.2. The number of rotatable bonds is 5. The fraction of sp³-hybridized carbons (Fsp3) is 0.400. The Morgan fingerprint density at radius 3 is 2.81 bits per heavy atom. The third-order valence-corrected chi connectivity index (χ3v) is 6.01. The molecule has 1 amide bonds. The largest absolute Gasteiger partial charge is 0.486 e. The van der Waals surface area contributed by atoms with Crippen LogP contribution in [0.5, 0.6) is 11.5 Å². The molecule has 2 heterocycles. The van der Waals surface area contributed by atoms with Crippen molar-refractivity contribution in [2.45, 2.75) is 42.5 Å². The summed E-state index contributed by atoms with van der Waals surface area (Å²) in [6.07, 6.45) is 6.72. The highest BCUT2D eigenvalue weighted by Gasteiger charge is 2.20. The standard InChI is InChI=1S/C20H22N2O3S/c23-19(16-6-3-9-21-20(16)26-15-4-1-2-5-15)22-13-14-7-8-17-18(12-14)25-11-10-24-17/h3,6-9,12,15H,1-2,4-5,10-11,13H2,(H,22,23). The first-order valence-corrected chi connectivity index (χ1v) is 9.96. The Morgan fingerprint density at radius 2 is 1.96 bits per heavy atom. The number of nitrogens with one attached hydrogen (secondary N) is 1. The predicted molar refractivity (Wildman–Crippen MR) is 101 cm³/mol. The molecule has 5 nitrogen and oxygen atoms in total. The van der Waals surface area contributed by atoms with E-state index in [-0.39, 0.29) is 5.91 Å². The van der Waals surface area contributed by atoms with Gasteiger partial charge < -0.3 is 14.8 Å². The predicted octanol–water partition coefficient (Wildman–Crippen LogP) is 3.82. The van der Waals surface area contributed by atoms with E-state index in [4.69, 9.17) is 9.47 Å². The molecule has 1 aliphatic carbocycles. The molecule has 1 aromatic heterocycles. The van der Waals surface area contributed by atoms with Gasteiger partial charge in [-0.15, -0.1) is 11.8 Å². The number of fused-ring (bicyclic) bond motifs is 1. The summed E-state index contributed by atoms with van der Waals surface area (Å²) >= 11 is 1.74. The van der Waals surface area contributed by atoms with Crippen molar-refractivity contribution in [1.82, 2.24) is 10.3 Å². The molecule has 0 unspecified atom stereocenters. The summed E-state index contributed by atoms with van der Waals surface area (Å²) in [4.78, 5) is 17.1. The van der Waals surface area contributed by atoms with Crippen LogP contribution in [0.1, 0.15) is 41.6 Å². The second-order valence-corrected chi connectivity index (χ2v) is 7.83. The van der Waals surface area contributed by atoms with Gasteiger partial charge in [0.1, 0.15) is 18.2 Å². The number of pyridine rings is 1. The molecule has 26 heavy (non-hydrogen) atoms. The van der Waals surface area contributed by atoms with Crippen LogP contribution < -0.4 is 14.8 Å². The number of nitrogens with zero attached hydrogens (tertiary/aromatic N) is 1. The van der Waals surface area contributed by atoms with Gasteiger partial charge in [-0.05, 0) is 42.7 Å². The number of carbonyl (C=O) groups is 1. The smallest absolute Gasteiger partial charge is 0.254 e. The van der Waals surface area contributed by atoms with Gasteiger partial charge in [-0.25, -0.2) is 4.98 Å². The highest BCUT2D eigenvalue weighted by molar-refractivity contribution is 7.99. The van der Waals surface area contributed by atoms with E-state index in [2.05, 4.69) is 10.3 Å². The Bertz CT molecular complexity index is 790. The van der Waals surface area contributed by atoms with Crippen LogP contribution in [0.25, 0.3) is 0 Å². The zero-order chi connectivity index (χ0) is 17.8. The molecule has 1 N–H and O–H groups in total. The normalized spacial score (nSPS) is 16.5. The van der Waals surface area contributed by atoms with E-state index in [9.17, 15) is 4.79 Å². The lowest BCUT2D eigenvalue weighted by atomic mass is 10.2. The second-order valence-electron chi connectivity index (χ2n) is 6.54. The number of hydrogen-bond donors (Lipinski definition) is 1. The van der Waals surface area contributed by atoms with Gasteiger partial charge in [0.05, 0.1) is 5.56 Å². The van der Waals surface area contributed by atoms with Crippen LogP contribution in [0.15, 0.2) is 41.6 Å². The lowest BCUT2D eigenvalue weighted by Gasteiger charge is -2.19. The molecule has 1 aromatic carbocycles. The molecule has 0 spiro atoms. The van der Waals surface area contributed by atoms with Gasteiger partial charge in [-0.3, -0.25) is 4.79 Å². The number of ether oxygens (including phenoxy) is 2. The Balaban J connectivity index is 1.42. The van der Waals surface area contributed by atoms with Crippen molar-refractivity contribution in [2.24, 2.45) is 0 Å². The van der Waals surface area contributed by atoms with E-state index in [0.717, 1.165) is 22.1 Å². The first-order valence-electron chi connectivity index (χ1n) is 9.08. The molecule has 2 aliphatic rings. The third-order valence-electron chi connectivity index (χ3n) is 4.66. The van der Waals surface area contributed by atoms with Crippen LogP contribution in [-0.4, -0.2) is 29.4 Å². The Hall–Kier alpha value is -2.21. The minimum absolute atomic E-state index is 0.0894. The van der Waals surface area contributed by atoms with Crippen molar-refractivity contribution < 1.29 is 14.3 Å². The maximum Gasteiger partial charge on any atom is 0.254 e. The van der Waals surface area contributed by atoms with Gasteiger partial charge in [0.15, 0.2) is 11.5 Å². The molecule has 6 heteroatoms. The lowest BCUT2D eigenvalue weighted by molar-refractivity contribution is 0.0947. The summed E-state index contributed by atoms with van der Waals surface area (Å²) < 4.78 is 11.1. The van der Waals surface area contributed by atoms with Crippen LogP contribution >= 0.6 is 11.8 Å². The average Bonchev–Trinajstić information content (AvgIpc) is 3.19. The van der Waals surface area contributed by atoms with Gasteiger partial charge in [-0.1, -0.05) is 18.9 Å². The molecule has 2 aromatic rings. The molecule has 0 radical (unpaired) electrons. The quantitative estimate of drug-likeness (QED) is 0.867. The SMILES string of the molecule is O=C(NCc1ccc2c(c1)OCCO2)c1cccnc1SC1CCCC1. The molecule has 1 saturated carbocycles. The van der Waals surface area contributed by atoms with Crippen molar-refractivity contribution in [3.8, 4) is 11.5 Å². The monoisotopic (exact) mass is 370 g/mol. The average molecular weight is 370 g/mol. The summed E-state index contributed by atoms with van der Waals surface area (Å²) in [6.45, 7) is 1.57. The van der Waals surface area contributed by atoms with Crippen molar-refractivity contribution in [3.05, 3.63) is 47.7 Å². The number of amides is 1. The minimum Gasteiger partial charge on any atom is -0.486 e. The van der Waals surface area contributed by atoms with Gasteiger partial charge in [0, 0.05) is 18.0 Å². The number of thioether (sulfide) groups is 1. The first-order chi connectivity index (χ1) is 12.8. The zero-order valence-electron chi connectivity index (χ0n) is 14.6. The molecular weight excluding hydrogens is 348 g/mol. The second kappa shape index (κ2) is 7.99. The maximum atomic E-state index is 12.7. The molecule has 1 aliphatic heterocycles. The summed E-state index contributed by atoms with van der Waals surface area (Å²) in [6, 6.07) is 9.43. The highest BCUT2D eigenvalue weighted by Crippen LogP contribution is 2.35. The summed E-state index contributed by atoms with van der Waals surface area (Å²) in [5.74, 6) is 1.41. The number of hydrogen-bond acceptors (Lipinski definition) is 5. The molecule has 0 bridgehead atoms. The Kier molecular flexibility index (Phi) is 5.29. The Labute approximate surface area is 157 Å². The minimum atomic E-state index is -0.0894. The zero-order valence-corrected chi connectivity index (χ0v) is 15.4.